The summed E-state index contributed by atoms with van der Waals surface area (Å²) in [7, 11) is 0. The van der Waals surface area contributed by atoms with Gasteiger partial charge in [-0.05, 0) is 17.9 Å². The van der Waals surface area contributed by atoms with Gasteiger partial charge < -0.3 is 10.1 Å². The molecule has 102 valence electrons. The Morgan fingerprint density at radius 2 is 2.16 bits per heavy atom. The molecule has 2 fully saturated rings. The number of hydrogen-bond acceptors (Lipinski definition) is 3. The number of carbonyl (C=O) groups is 1. The van der Waals surface area contributed by atoms with Crippen molar-refractivity contribution in [1.29, 1.82) is 0 Å². The summed E-state index contributed by atoms with van der Waals surface area (Å²) in [5.41, 5.74) is 1.03. The van der Waals surface area contributed by atoms with Crippen molar-refractivity contribution in [2.75, 3.05) is 13.1 Å². The van der Waals surface area contributed by atoms with Crippen molar-refractivity contribution in [1.82, 2.24) is 10.2 Å². The van der Waals surface area contributed by atoms with Crippen LogP contribution >= 0.6 is 0 Å². The Labute approximate surface area is 113 Å². The van der Waals surface area contributed by atoms with E-state index in [0.29, 0.717) is 24.6 Å². The molecule has 0 unspecified atom stereocenters. The van der Waals surface area contributed by atoms with Gasteiger partial charge in [-0.1, -0.05) is 37.3 Å². The molecular formula is C15H20N2O2. The van der Waals surface area contributed by atoms with Crippen molar-refractivity contribution in [3.8, 4) is 0 Å². The first-order valence-corrected chi connectivity index (χ1v) is 6.95. The molecule has 1 aromatic carbocycles. The lowest BCUT2D eigenvalue weighted by Gasteiger charge is -2.35. The number of fused-ring (bicyclic) bond motifs is 2. The fourth-order valence-electron chi connectivity index (χ4n) is 3.20. The van der Waals surface area contributed by atoms with Gasteiger partial charge in [-0.15, -0.1) is 0 Å². The van der Waals surface area contributed by atoms with Gasteiger partial charge in [0.25, 0.3) is 0 Å². The molecule has 2 heterocycles. The second-order valence-corrected chi connectivity index (χ2v) is 5.54. The number of benzene rings is 1. The van der Waals surface area contributed by atoms with E-state index in [-0.39, 0.29) is 6.09 Å². The molecule has 3 atom stereocenters. The predicted octanol–water partition coefficient (Wildman–Crippen LogP) is 2.01. The zero-order valence-electron chi connectivity index (χ0n) is 11.2. The van der Waals surface area contributed by atoms with Crippen LogP contribution in [0, 0.1) is 5.92 Å². The van der Waals surface area contributed by atoms with Crippen LogP contribution in [0.15, 0.2) is 30.3 Å². The number of ether oxygens (including phenoxy) is 1. The van der Waals surface area contributed by atoms with Gasteiger partial charge in [-0.2, -0.15) is 0 Å². The highest BCUT2D eigenvalue weighted by atomic mass is 16.6. The fourth-order valence-corrected chi connectivity index (χ4v) is 3.20. The minimum absolute atomic E-state index is 0.162. The topological polar surface area (TPSA) is 41.6 Å². The minimum Gasteiger partial charge on any atom is -0.445 e. The third kappa shape index (κ3) is 2.45. The van der Waals surface area contributed by atoms with Gasteiger partial charge in [0.15, 0.2) is 0 Å². The molecular weight excluding hydrogens is 240 g/mol. The Morgan fingerprint density at radius 3 is 2.89 bits per heavy atom. The van der Waals surface area contributed by atoms with E-state index in [0.717, 1.165) is 25.1 Å². The molecule has 1 N–H and O–H groups in total. The summed E-state index contributed by atoms with van der Waals surface area (Å²) < 4.78 is 5.46. The molecule has 2 aliphatic heterocycles. The van der Waals surface area contributed by atoms with Crippen molar-refractivity contribution < 1.29 is 9.53 Å². The van der Waals surface area contributed by atoms with Crippen molar-refractivity contribution in [2.45, 2.75) is 32.0 Å². The van der Waals surface area contributed by atoms with Crippen LogP contribution in [-0.4, -0.2) is 36.2 Å². The highest BCUT2D eigenvalue weighted by molar-refractivity contribution is 5.69. The van der Waals surface area contributed by atoms with Crippen molar-refractivity contribution in [3.05, 3.63) is 35.9 Å². The van der Waals surface area contributed by atoms with Crippen LogP contribution in [0.3, 0.4) is 0 Å². The molecule has 19 heavy (non-hydrogen) atoms. The van der Waals surface area contributed by atoms with Crippen LogP contribution in [-0.2, 0) is 11.3 Å². The van der Waals surface area contributed by atoms with Crippen molar-refractivity contribution in [2.24, 2.45) is 5.92 Å². The molecule has 4 heteroatoms. The summed E-state index contributed by atoms with van der Waals surface area (Å²) in [4.78, 5) is 14.2. The van der Waals surface area contributed by atoms with Gasteiger partial charge in [0.2, 0.25) is 0 Å². The summed E-state index contributed by atoms with van der Waals surface area (Å²) in [5, 5.41) is 3.39. The van der Waals surface area contributed by atoms with Gasteiger partial charge in [-0.25, -0.2) is 4.79 Å². The highest BCUT2D eigenvalue weighted by Gasteiger charge is 2.44. The molecule has 0 saturated carbocycles. The van der Waals surface area contributed by atoms with Crippen molar-refractivity contribution in [3.63, 3.8) is 0 Å². The number of hydrogen-bond donors (Lipinski definition) is 1. The largest absolute Gasteiger partial charge is 0.445 e. The molecule has 2 saturated heterocycles. The molecule has 2 aliphatic rings. The zero-order chi connectivity index (χ0) is 13.2. The van der Waals surface area contributed by atoms with E-state index >= 15 is 0 Å². The van der Waals surface area contributed by atoms with Crippen LogP contribution in [0.1, 0.15) is 18.9 Å². The van der Waals surface area contributed by atoms with E-state index < -0.39 is 0 Å². The van der Waals surface area contributed by atoms with Crippen LogP contribution in [0.25, 0.3) is 0 Å². The Balaban J connectivity index is 1.62. The van der Waals surface area contributed by atoms with E-state index in [1.165, 1.54) is 0 Å². The van der Waals surface area contributed by atoms with Gasteiger partial charge in [0.1, 0.15) is 6.61 Å². The summed E-state index contributed by atoms with van der Waals surface area (Å²) in [6.07, 6.45) is 0.919. The molecule has 0 radical (unpaired) electrons. The van der Waals surface area contributed by atoms with Gasteiger partial charge in [0.05, 0.1) is 6.04 Å². The standard InChI is InChI=1S/C15H20N2O2/c1-11-7-13-8-16-9-14(11)17(13)15(18)19-10-12-5-3-2-4-6-12/h2-6,11,13-14,16H,7-10H2,1H3/t11-,13-,14-/m0/s1. The zero-order valence-corrected chi connectivity index (χ0v) is 11.2. The van der Waals surface area contributed by atoms with Gasteiger partial charge >= 0.3 is 6.09 Å². The summed E-state index contributed by atoms with van der Waals surface area (Å²) in [5.74, 6) is 0.560. The molecule has 0 aliphatic carbocycles. The lowest BCUT2D eigenvalue weighted by molar-refractivity contribution is 0.0663. The molecule has 2 bridgehead atoms. The van der Waals surface area contributed by atoms with Crippen LogP contribution < -0.4 is 5.32 Å². The first-order chi connectivity index (χ1) is 9.25. The van der Waals surface area contributed by atoms with Gasteiger partial charge in [0, 0.05) is 19.1 Å². The molecule has 1 amide bonds. The maximum atomic E-state index is 12.3. The SMILES string of the molecule is C[C@H]1C[C@H]2CNC[C@@H]1N2C(=O)OCc1ccccc1. The molecule has 0 aromatic heterocycles. The van der Waals surface area contributed by atoms with Crippen molar-refractivity contribution >= 4 is 6.09 Å². The maximum Gasteiger partial charge on any atom is 0.410 e. The Morgan fingerprint density at radius 1 is 1.37 bits per heavy atom. The second-order valence-electron chi connectivity index (χ2n) is 5.54. The number of rotatable bonds is 2. The number of nitrogens with zero attached hydrogens (tertiary/aromatic N) is 1. The Hall–Kier alpha value is -1.55. The van der Waals surface area contributed by atoms with E-state index in [9.17, 15) is 4.79 Å². The van der Waals surface area contributed by atoms with E-state index in [1.807, 2.05) is 35.2 Å². The lowest BCUT2D eigenvalue weighted by atomic mass is 10.0. The monoisotopic (exact) mass is 260 g/mol. The van der Waals surface area contributed by atoms with Crippen LogP contribution in [0.2, 0.25) is 0 Å². The maximum absolute atomic E-state index is 12.3. The van der Waals surface area contributed by atoms with E-state index in [2.05, 4.69) is 12.2 Å². The average molecular weight is 260 g/mol. The number of nitrogens with one attached hydrogen (secondary N) is 1. The second kappa shape index (κ2) is 5.21. The molecule has 0 spiro atoms. The van der Waals surface area contributed by atoms with Crippen LogP contribution in [0.5, 0.6) is 0 Å². The quantitative estimate of drug-likeness (QED) is 0.884. The summed E-state index contributed by atoms with van der Waals surface area (Å²) >= 11 is 0. The summed E-state index contributed by atoms with van der Waals surface area (Å²) in [6.45, 7) is 4.35. The van der Waals surface area contributed by atoms with E-state index in [1.54, 1.807) is 0 Å². The highest BCUT2D eigenvalue weighted by Crippen LogP contribution is 2.32. The number of carbonyl (C=O) groups excluding carboxylic acids is 1. The summed E-state index contributed by atoms with van der Waals surface area (Å²) in [6, 6.07) is 10.4. The third-order valence-electron chi connectivity index (χ3n) is 4.20. The Bertz CT molecular complexity index is 449. The third-order valence-corrected chi connectivity index (χ3v) is 4.20. The average Bonchev–Trinajstić information content (AvgIpc) is 2.63. The molecule has 3 rings (SSSR count). The smallest absolute Gasteiger partial charge is 0.410 e. The first-order valence-electron chi connectivity index (χ1n) is 6.95. The Kier molecular flexibility index (Phi) is 3.42. The predicted molar refractivity (Wildman–Crippen MR) is 72.7 cm³/mol. The van der Waals surface area contributed by atoms with E-state index in [4.69, 9.17) is 4.74 Å². The number of piperazine rings is 1. The first kappa shape index (κ1) is 12.5. The molecule has 4 nitrogen and oxygen atoms in total. The number of amides is 1. The molecule has 1 aromatic rings. The normalized spacial score (nSPS) is 29.3. The fraction of sp³-hybridized carbons (Fsp3) is 0.533. The lowest BCUT2D eigenvalue weighted by Crippen LogP contribution is -2.55. The van der Waals surface area contributed by atoms with Crippen LogP contribution in [0.4, 0.5) is 4.79 Å². The minimum atomic E-state index is -0.162. The van der Waals surface area contributed by atoms with Gasteiger partial charge in [-0.3, -0.25) is 4.90 Å².